The molecular weight excluding hydrogens is 276 g/mol. The molecule has 1 fully saturated rings. The topological polar surface area (TPSA) is 61.4 Å². The first-order valence-electron chi connectivity index (χ1n) is 8.15. The van der Waals surface area contributed by atoms with Crippen LogP contribution in [0.2, 0.25) is 0 Å². The Labute approximate surface area is 133 Å². The second-order valence-electron chi connectivity index (χ2n) is 7.19. The average molecular weight is 304 g/mol. The molecule has 1 aliphatic rings. The fourth-order valence-corrected chi connectivity index (χ4v) is 2.76. The average Bonchev–Trinajstić information content (AvgIpc) is 2.97. The molecule has 22 heavy (non-hydrogen) atoms. The van der Waals surface area contributed by atoms with E-state index in [1.54, 1.807) is 0 Å². The van der Waals surface area contributed by atoms with E-state index in [4.69, 9.17) is 0 Å². The molecule has 2 rings (SSSR count). The summed E-state index contributed by atoms with van der Waals surface area (Å²) in [5.74, 6) is 0.00441. The fourth-order valence-electron chi connectivity index (χ4n) is 2.76. The molecule has 4 heteroatoms. The van der Waals surface area contributed by atoms with Crippen molar-refractivity contribution in [1.82, 2.24) is 10.6 Å². The smallest absolute Gasteiger partial charge is 0.221 e. The van der Waals surface area contributed by atoms with Crippen LogP contribution in [0.25, 0.3) is 0 Å². The van der Waals surface area contributed by atoms with Crippen molar-refractivity contribution in [2.24, 2.45) is 0 Å². The van der Waals surface area contributed by atoms with Crippen molar-refractivity contribution >= 4 is 5.91 Å². The van der Waals surface area contributed by atoms with Crippen molar-refractivity contribution in [3.63, 3.8) is 0 Å². The highest BCUT2D eigenvalue weighted by molar-refractivity contribution is 5.76. The summed E-state index contributed by atoms with van der Waals surface area (Å²) in [5.41, 5.74) is 2.18. The lowest BCUT2D eigenvalue weighted by molar-refractivity contribution is -0.122. The number of aliphatic hydroxyl groups excluding tert-OH is 1. The van der Waals surface area contributed by atoms with Gasteiger partial charge in [0, 0.05) is 19.0 Å². The monoisotopic (exact) mass is 304 g/mol. The zero-order valence-corrected chi connectivity index (χ0v) is 13.9. The lowest BCUT2D eigenvalue weighted by Crippen LogP contribution is -2.34. The Bertz CT molecular complexity index is 485. The van der Waals surface area contributed by atoms with Gasteiger partial charge in [-0.2, -0.15) is 0 Å². The Hall–Kier alpha value is -1.39. The third-order valence-electron chi connectivity index (χ3n) is 4.25. The molecule has 2 atom stereocenters. The van der Waals surface area contributed by atoms with Gasteiger partial charge in [-0.3, -0.25) is 4.79 Å². The summed E-state index contributed by atoms with van der Waals surface area (Å²) in [6, 6.07) is 8.26. The molecule has 1 heterocycles. The van der Waals surface area contributed by atoms with Gasteiger partial charge in [-0.05, 0) is 35.9 Å². The van der Waals surface area contributed by atoms with Crippen molar-refractivity contribution in [1.29, 1.82) is 0 Å². The van der Waals surface area contributed by atoms with Crippen molar-refractivity contribution in [3.8, 4) is 0 Å². The number of benzene rings is 1. The van der Waals surface area contributed by atoms with E-state index in [-0.39, 0.29) is 17.9 Å². The number of carbonyl (C=O) groups is 1. The van der Waals surface area contributed by atoms with Crippen molar-refractivity contribution < 1.29 is 9.90 Å². The van der Waals surface area contributed by atoms with Crippen molar-refractivity contribution in [2.75, 3.05) is 13.1 Å². The Balaban J connectivity index is 1.81. The minimum atomic E-state index is -0.658. The number of carbonyl (C=O) groups excluding carboxylic acids is 1. The number of rotatable bonds is 5. The van der Waals surface area contributed by atoms with Crippen LogP contribution in [0, 0.1) is 0 Å². The summed E-state index contributed by atoms with van der Waals surface area (Å²) >= 11 is 0. The van der Waals surface area contributed by atoms with Gasteiger partial charge < -0.3 is 15.7 Å². The SMILES string of the molecule is CC(C)(C)c1ccc(C(O)CNC(=O)CC2CCCN2)cc1. The summed E-state index contributed by atoms with van der Waals surface area (Å²) in [7, 11) is 0. The second-order valence-corrected chi connectivity index (χ2v) is 7.19. The van der Waals surface area contributed by atoms with Crippen LogP contribution in [-0.4, -0.2) is 30.1 Å². The molecule has 1 amide bonds. The highest BCUT2D eigenvalue weighted by Gasteiger charge is 2.18. The van der Waals surface area contributed by atoms with Gasteiger partial charge in [0.2, 0.25) is 5.91 Å². The van der Waals surface area contributed by atoms with E-state index in [0.717, 1.165) is 24.9 Å². The van der Waals surface area contributed by atoms with E-state index >= 15 is 0 Å². The van der Waals surface area contributed by atoms with Crippen molar-refractivity contribution in [3.05, 3.63) is 35.4 Å². The second kappa shape index (κ2) is 7.25. The predicted molar refractivity (Wildman–Crippen MR) is 88.8 cm³/mol. The van der Waals surface area contributed by atoms with Crippen LogP contribution in [-0.2, 0) is 10.2 Å². The quantitative estimate of drug-likeness (QED) is 0.782. The maximum atomic E-state index is 11.9. The van der Waals surface area contributed by atoms with Gasteiger partial charge in [-0.25, -0.2) is 0 Å². The molecule has 0 aromatic heterocycles. The normalized spacial score (nSPS) is 19.9. The lowest BCUT2D eigenvalue weighted by Gasteiger charge is -2.20. The third kappa shape index (κ3) is 4.82. The minimum absolute atomic E-state index is 0.00441. The number of aliphatic hydroxyl groups is 1. The molecule has 0 radical (unpaired) electrons. The number of amides is 1. The van der Waals surface area contributed by atoms with Crippen LogP contribution in [0.4, 0.5) is 0 Å². The Kier molecular flexibility index (Phi) is 5.59. The number of hydrogen-bond acceptors (Lipinski definition) is 3. The van der Waals surface area contributed by atoms with E-state index in [0.29, 0.717) is 12.5 Å². The molecule has 3 N–H and O–H groups in total. The zero-order chi connectivity index (χ0) is 16.2. The first-order chi connectivity index (χ1) is 10.4. The molecule has 122 valence electrons. The summed E-state index contributed by atoms with van der Waals surface area (Å²) < 4.78 is 0. The maximum Gasteiger partial charge on any atom is 0.221 e. The molecule has 1 aromatic rings. The molecule has 1 saturated heterocycles. The standard InChI is InChI=1S/C18H28N2O2/c1-18(2,3)14-8-6-13(7-9-14)16(21)12-20-17(22)11-15-5-4-10-19-15/h6-9,15-16,19,21H,4-5,10-12H2,1-3H3,(H,20,22). The molecule has 0 bridgehead atoms. The number of hydrogen-bond donors (Lipinski definition) is 3. The largest absolute Gasteiger partial charge is 0.387 e. The van der Waals surface area contributed by atoms with Crippen LogP contribution in [0.5, 0.6) is 0 Å². The van der Waals surface area contributed by atoms with E-state index in [9.17, 15) is 9.90 Å². The molecular formula is C18H28N2O2. The predicted octanol–water partition coefficient (Wildman–Crippen LogP) is 2.28. The fraction of sp³-hybridized carbons (Fsp3) is 0.611. The summed E-state index contributed by atoms with van der Waals surface area (Å²) in [6.07, 6.45) is 2.04. The highest BCUT2D eigenvalue weighted by atomic mass is 16.3. The molecule has 0 spiro atoms. The van der Waals surface area contributed by atoms with Crippen LogP contribution in [0.15, 0.2) is 24.3 Å². The van der Waals surface area contributed by atoms with Gasteiger partial charge >= 0.3 is 0 Å². The van der Waals surface area contributed by atoms with Gasteiger partial charge in [0.05, 0.1) is 6.10 Å². The van der Waals surface area contributed by atoms with Gasteiger partial charge in [-0.1, -0.05) is 45.0 Å². The van der Waals surface area contributed by atoms with Crippen LogP contribution in [0.1, 0.15) is 57.3 Å². The highest BCUT2D eigenvalue weighted by Crippen LogP contribution is 2.23. The van der Waals surface area contributed by atoms with Crippen LogP contribution in [0.3, 0.4) is 0 Å². The van der Waals surface area contributed by atoms with E-state index in [2.05, 4.69) is 31.4 Å². The molecule has 0 aliphatic carbocycles. The maximum absolute atomic E-state index is 11.9. The summed E-state index contributed by atoms with van der Waals surface area (Å²) in [6.45, 7) is 7.75. The minimum Gasteiger partial charge on any atom is -0.387 e. The molecule has 4 nitrogen and oxygen atoms in total. The van der Waals surface area contributed by atoms with Crippen LogP contribution < -0.4 is 10.6 Å². The van der Waals surface area contributed by atoms with Gasteiger partial charge in [-0.15, -0.1) is 0 Å². The van der Waals surface area contributed by atoms with Gasteiger partial charge in [0.1, 0.15) is 0 Å². The first kappa shape index (κ1) is 17.0. The Morgan fingerprint density at radius 2 is 2.05 bits per heavy atom. The summed E-state index contributed by atoms with van der Waals surface area (Å²) in [5, 5.41) is 16.3. The van der Waals surface area contributed by atoms with Gasteiger partial charge in [0.25, 0.3) is 0 Å². The third-order valence-corrected chi connectivity index (χ3v) is 4.25. The zero-order valence-electron chi connectivity index (χ0n) is 13.9. The van der Waals surface area contributed by atoms with Crippen LogP contribution >= 0.6 is 0 Å². The van der Waals surface area contributed by atoms with E-state index in [1.165, 1.54) is 5.56 Å². The number of nitrogens with one attached hydrogen (secondary N) is 2. The summed E-state index contributed by atoms with van der Waals surface area (Å²) in [4.78, 5) is 11.9. The molecule has 0 saturated carbocycles. The van der Waals surface area contributed by atoms with E-state index in [1.807, 2.05) is 24.3 Å². The first-order valence-corrected chi connectivity index (χ1v) is 8.15. The molecule has 1 aromatic carbocycles. The Morgan fingerprint density at radius 1 is 1.36 bits per heavy atom. The van der Waals surface area contributed by atoms with Gasteiger partial charge in [0.15, 0.2) is 0 Å². The van der Waals surface area contributed by atoms with E-state index < -0.39 is 6.10 Å². The lowest BCUT2D eigenvalue weighted by atomic mass is 9.86. The van der Waals surface area contributed by atoms with Crippen molar-refractivity contribution in [2.45, 2.75) is 57.6 Å². The molecule has 1 aliphatic heterocycles. The Morgan fingerprint density at radius 3 is 2.59 bits per heavy atom. The molecule has 2 unspecified atom stereocenters.